The molecule has 61 heavy (non-hydrogen) atoms. The number of carboxylic acids is 1. The van der Waals surface area contributed by atoms with Gasteiger partial charge in [-0.15, -0.1) is 0 Å². The van der Waals surface area contributed by atoms with Gasteiger partial charge < -0.3 is 39.5 Å². The molecule has 0 saturated heterocycles. The van der Waals surface area contributed by atoms with Crippen molar-refractivity contribution in [3.63, 3.8) is 0 Å². The molecule has 1 fully saturated rings. The predicted molar refractivity (Wildman–Crippen MR) is 234 cm³/mol. The van der Waals surface area contributed by atoms with Gasteiger partial charge in [0.25, 0.3) is 0 Å². The topological polar surface area (TPSA) is 201 Å². The second-order valence-electron chi connectivity index (χ2n) is 16.9. The van der Waals surface area contributed by atoms with Gasteiger partial charge in [-0.3, -0.25) is 28.8 Å². The molecule has 0 aromatic rings. The van der Waals surface area contributed by atoms with Crippen LogP contribution in [0.3, 0.4) is 0 Å². The van der Waals surface area contributed by atoms with Crippen molar-refractivity contribution in [1.82, 2.24) is 10.6 Å². The highest BCUT2D eigenvalue weighted by molar-refractivity contribution is 5.86. The van der Waals surface area contributed by atoms with Crippen LogP contribution in [-0.2, 0) is 52.5 Å². The maximum atomic E-state index is 13.0. The van der Waals surface area contributed by atoms with E-state index in [2.05, 4.69) is 10.6 Å². The fourth-order valence-electron chi connectivity index (χ4n) is 7.48. The Morgan fingerprint density at radius 3 is 1.59 bits per heavy atom. The molecule has 0 aromatic heterocycles. The lowest BCUT2D eigenvalue weighted by atomic mass is 9.78. The molecule has 352 valence electrons. The van der Waals surface area contributed by atoms with Crippen LogP contribution in [0.15, 0.2) is 0 Å². The van der Waals surface area contributed by atoms with Gasteiger partial charge in [-0.25, -0.2) is 0 Å². The molecule has 0 bridgehead atoms. The maximum Gasteiger partial charge on any atom is 0.306 e. The van der Waals surface area contributed by atoms with Gasteiger partial charge in [-0.1, -0.05) is 77.0 Å². The van der Waals surface area contributed by atoms with Gasteiger partial charge in [-0.05, 0) is 71.1 Å². The van der Waals surface area contributed by atoms with Crippen molar-refractivity contribution in [2.24, 2.45) is 17.8 Å². The van der Waals surface area contributed by atoms with Gasteiger partial charge in [0.15, 0.2) is 11.6 Å². The number of carbonyl (C=O) groups excluding carboxylic acids is 6. The molecule has 1 saturated carbocycles. The molecular formula is C47H82N2O12. The third-order valence-electron chi connectivity index (χ3n) is 11.2. The summed E-state index contributed by atoms with van der Waals surface area (Å²) in [7, 11) is 0. The normalized spacial score (nSPS) is 15.6. The van der Waals surface area contributed by atoms with Gasteiger partial charge in [0, 0.05) is 57.7 Å². The van der Waals surface area contributed by atoms with Gasteiger partial charge in [0.05, 0.1) is 39.0 Å². The van der Waals surface area contributed by atoms with E-state index in [9.17, 15) is 38.7 Å². The third-order valence-corrected chi connectivity index (χ3v) is 11.2. The highest BCUT2D eigenvalue weighted by Crippen LogP contribution is 2.31. The lowest BCUT2D eigenvalue weighted by Crippen LogP contribution is -2.33. The number of carbonyl (C=O) groups is 7. The average molecular weight is 867 g/mol. The average Bonchev–Trinajstić information content (AvgIpc) is 3.23. The first-order chi connectivity index (χ1) is 29.5. The molecule has 1 aliphatic carbocycles. The molecule has 3 N–H and O–H groups in total. The molecule has 0 spiro atoms. The summed E-state index contributed by atoms with van der Waals surface area (Å²) in [4.78, 5) is 83.4. The van der Waals surface area contributed by atoms with E-state index < -0.39 is 11.9 Å². The van der Waals surface area contributed by atoms with Crippen molar-refractivity contribution in [1.29, 1.82) is 0 Å². The number of carboxylic acid groups (broad SMARTS) is 1. The van der Waals surface area contributed by atoms with E-state index in [1.165, 1.54) is 77.6 Å². The third kappa shape index (κ3) is 35.1. The Balaban J connectivity index is 2.01. The number of rotatable bonds is 43. The number of ketones is 4. The summed E-state index contributed by atoms with van der Waals surface area (Å²) in [5.74, 6) is -1.92. The molecule has 14 heteroatoms. The molecule has 2 amide bonds. The van der Waals surface area contributed by atoms with E-state index in [-0.39, 0.29) is 93.9 Å². The second-order valence-corrected chi connectivity index (χ2v) is 16.9. The Morgan fingerprint density at radius 2 is 1.03 bits per heavy atom. The maximum absolute atomic E-state index is 13.0. The fraction of sp³-hybridized carbons (Fsp3) is 0.851. The van der Waals surface area contributed by atoms with Crippen molar-refractivity contribution < 1.29 is 57.6 Å². The molecule has 0 radical (unpaired) electrons. The van der Waals surface area contributed by atoms with Crippen molar-refractivity contribution in [3.05, 3.63) is 0 Å². The Morgan fingerprint density at radius 1 is 0.525 bits per heavy atom. The molecule has 0 heterocycles. The molecule has 0 unspecified atom stereocenters. The number of amides is 2. The van der Waals surface area contributed by atoms with Crippen LogP contribution in [0.25, 0.3) is 0 Å². The molecule has 1 atom stereocenters. The van der Waals surface area contributed by atoms with Crippen LogP contribution in [0.5, 0.6) is 0 Å². The zero-order valence-corrected chi connectivity index (χ0v) is 37.9. The van der Waals surface area contributed by atoms with E-state index in [4.69, 9.17) is 18.9 Å². The van der Waals surface area contributed by atoms with E-state index in [0.717, 1.165) is 38.5 Å². The predicted octanol–water partition coefficient (Wildman–Crippen LogP) is 7.30. The second kappa shape index (κ2) is 38.6. The van der Waals surface area contributed by atoms with Gasteiger partial charge >= 0.3 is 5.97 Å². The number of ether oxygens (including phenoxy) is 4. The Kier molecular flexibility index (Phi) is 35.4. The number of Topliss-reactive ketones (excluding diaryl/α,β-unsaturated/α-hetero) is 4. The zero-order valence-electron chi connectivity index (χ0n) is 37.9. The quantitative estimate of drug-likeness (QED) is 0.0518. The largest absolute Gasteiger partial charge is 0.481 e. The van der Waals surface area contributed by atoms with Crippen molar-refractivity contribution >= 4 is 40.9 Å². The smallest absolute Gasteiger partial charge is 0.306 e. The molecule has 0 aliphatic heterocycles. The summed E-state index contributed by atoms with van der Waals surface area (Å²) in [6.45, 7) is 5.86. The van der Waals surface area contributed by atoms with Crippen LogP contribution >= 0.6 is 0 Å². The van der Waals surface area contributed by atoms with Crippen LogP contribution in [0.1, 0.15) is 174 Å². The number of aliphatic carboxylic acids is 1. The van der Waals surface area contributed by atoms with E-state index >= 15 is 0 Å². The number of nitrogens with one attached hydrogen (secondary N) is 2. The lowest BCUT2D eigenvalue weighted by Gasteiger charge is -2.28. The number of hydrogen-bond acceptors (Lipinski definition) is 11. The van der Waals surface area contributed by atoms with E-state index in [0.29, 0.717) is 70.2 Å². The summed E-state index contributed by atoms with van der Waals surface area (Å²) in [5.41, 5.74) is 0. The van der Waals surface area contributed by atoms with Crippen LogP contribution in [0.2, 0.25) is 0 Å². The highest BCUT2D eigenvalue weighted by Gasteiger charge is 2.30. The van der Waals surface area contributed by atoms with E-state index in [1.807, 2.05) is 0 Å². The fourth-order valence-corrected chi connectivity index (χ4v) is 7.48. The lowest BCUT2D eigenvalue weighted by molar-refractivity contribution is -0.145. The van der Waals surface area contributed by atoms with E-state index in [1.54, 1.807) is 6.92 Å². The Bertz CT molecular complexity index is 1220. The Labute approximate surface area is 366 Å². The van der Waals surface area contributed by atoms with Gasteiger partial charge in [0.1, 0.15) is 24.8 Å². The standard InChI is InChI=1S/C47H82N2O12/c1-38(50)18-15-13-11-9-7-5-3-4-6-8-10-12-14-16-20-45(54)49-35-40-21-23-41(24-22-40)44(53)34-42(47(56)57)25-26-46(55)48-27-29-59-31-33-61-37-43(52)19-17-28-58-30-32-60-36-39(2)51/h40-42H,3-37H2,1-2H3,(H,48,55)(H,49,54)(H,56,57)/t40?,41?,42-/m1/s1. The first-order valence-corrected chi connectivity index (χ1v) is 23.6. The minimum Gasteiger partial charge on any atom is -0.481 e. The Hall–Kier alpha value is -3.07. The monoisotopic (exact) mass is 867 g/mol. The summed E-state index contributed by atoms with van der Waals surface area (Å²) in [5, 5.41) is 15.5. The summed E-state index contributed by atoms with van der Waals surface area (Å²) in [6.07, 6.45) is 22.1. The summed E-state index contributed by atoms with van der Waals surface area (Å²) < 4.78 is 21.2. The highest BCUT2D eigenvalue weighted by atomic mass is 16.5. The molecule has 14 nitrogen and oxygen atoms in total. The molecule has 0 aromatic carbocycles. The van der Waals surface area contributed by atoms with Gasteiger partial charge in [-0.2, -0.15) is 0 Å². The van der Waals surface area contributed by atoms with Crippen LogP contribution < -0.4 is 10.6 Å². The van der Waals surface area contributed by atoms with Crippen LogP contribution in [-0.4, -0.2) is 112 Å². The minimum absolute atomic E-state index is 0.00628. The van der Waals surface area contributed by atoms with Gasteiger partial charge in [0.2, 0.25) is 11.8 Å². The molecular weight excluding hydrogens is 785 g/mol. The van der Waals surface area contributed by atoms with Crippen molar-refractivity contribution in [2.75, 3.05) is 65.9 Å². The summed E-state index contributed by atoms with van der Waals surface area (Å²) >= 11 is 0. The summed E-state index contributed by atoms with van der Waals surface area (Å²) in [6, 6.07) is 0. The SMILES string of the molecule is CC(=O)CCCCCCCCCCCCCCCCC(=O)NCC1CCC(C(=O)C[C@@H](CCC(=O)NCCOCCOCC(=O)CCCOCCOCC(C)=O)C(=O)O)CC1. The van der Waals surface area contributed by atoms with Crippen molar-refractivity contribution in [2.45, 2.75) is 174 Å². The van der Waals surface area contributed by atoms with Crippen LogP contribution in [0.4, 0.5) is 0 Å². The first kappa shape index (κ1) is 55.9. The number of hydrogen-bond donors (Lipinski definition) is 3. The zero-order chi connectivity index (χ0) is 44.8. The minimum atomic E-state index is -1.08. The number of unbranched alkanes of at least 4 members (excludes halogenated alkanes) is 13. The molecule has 1 rings (SSSR count). The molecule has 1 aliphatic rings. The first-order valence-electron chi connectivity index (χ1n) is 23.6. The van der Waals surface area contributed by atoms with Crippen molar-refractivity contribution in [3.8, 4) is 0 Å². The van der Waals surface area contributed by atoms with Crippen LogP contribution in [0, 0.1) is 17.8 Å².